The molecule has 0 spiro atoms. The molecule has 0 atom stereocenters. The molecule has 0 unspecified atom stereocenters. The van der Waals surface area contributed by atoms with Gasteiger partial charge in [0.25, 0.3) is 0 Å². The van der Waals surface area contributed by atoms with Crippen molar-refractivity contribution < 1.29 is 0 Å². The number of hydrogen-bond donors (Lipinski definition) is 1. The smallest absolute Gasteiger partial charge is 0.00731 e. The predicted molar refractivity (Wildman–Crippen MR) is 65.6 cm³/mol. The molecule has 0 aromatic carbocycles. The van der Waals surface area contributed by atoms with Crippen LogP contribution in [-0.4, -0.2) is 4.75 Å². The maximum Gasteiger partial charge on any atom is 0.00731 e. The molecule has 0 saturated heterocycles. The second kappa shape index (κ2) is 6.75. The summed E-state index contributed by atoms with van der Waals surface area (Å²) in [6, 6.07) is 0. The molecule has 1 heteroatoms. The summed E-state index contributed by atoms with van der Waals surface area (Å²) in [6.07, 6.45) is 8.18. The van der Waals surface area contributed by atoms with Gasteiger partial charge in [-0.25, -0.2) is 0 Å². The van der Waals surface area contributed by atoms with Crippen molar-refractivity contribution in [2.24, 2.45) is 5.92 Å². The van der Waals surface area contributed by atoms with Crippen molar-refractivity contribution >= 4 is 12.6 Å². The highest BCUT2D eigenvalue weighted by atomic mass is 32.1. The topological polar surface area (TPSA) is 0 Å². The number of hydrogen-bond acceptors (Lipinski definition) is 1. The fourth-order valence-corrected chi connectivity index (χ4v) is 1.62. The van der Waals surface area contributed by atoms with Gasteiger partial charge in [-0.1, -0.05) is 59.8 Å². The highest BCUT2D eigenvalue weighted by Crippen LogP contribution is 2.21. The molecule has 0 N–H and O–H groups in total. The Morgan fingerprint density at radius 1 is 1.00 bits per heavy atom. The minimum atomic E-state index is 0.234. The van der Waals surface area contributed by atoms with Gasteiger partial charge in [0.2, 0.25) is 0 Å². The van der Waals surface area contributed by atoms with E-state index in [2.05, 4.69) is 40.3 Å². The summed E-state index contributed by atoms with van der Waals surface area (Å²) in [4.78, 5) is 0. The van der Waals surface area contributed by atoms with Crippen molar-refractivity contribution in [2.45, 2.75) is 71.0 Å². The van der Waals surface area contributed by atoms with Gasteiger partial charge in [-0.3, -0.25) is 0 Å². The van der Waals surface area contributed by atoms with Crippen molar-refractivity contribution in [2.75, 3.05) is 0 Å². The van der Waals surface area contributed by atoms with Gasteiger partial charge in [0.05, 0.1) is 0 Å². The minimum Gasteiger partial charge on any atom is -0.173 e. The van der Waals surface area contributed by atoms with Crippen LogP contribution in [0.25, 0.3) is 0 Å². The lowest BCUT2D eigenvalue weighted by molar-refractivity contribution is 0.501. The highest BCUT2D eigenvalue weighted by molar-refractivity contribution is 7.81. The molecule has 0 heterocycles. The maximum atomic E-state index is 4.51. The predicted octanol–water partition coefficient (Wildman–Crippen LogP) is 4.69. The number of unbranched alkanes of at least 4 members (excludes halogenated alkanes) is 3. The van der Waals surface area contributed by atoms with Crippen LogP contribution >= 0.6 is 12.6 Å². The Labute approximate surface area is 89.9 Å². The van der Waals surface area contributed by atoms with E-state index in [0.29, 0.717) is 0 Å². The van der Waals surface area contributed by atoms with Crippen LogP contribution in [0.15, 0.2) is 0 Å². The summed E-state index contributed by atoms with van der Waals surface area (Å²) in [6.45, 7) is 9.00. The molecule has 0 aliphatic carbocycles. The van der Waals surface area contributed by atoms with Crippen LogP contribution < -0.4 is 0 Å². The summed E-state index contributed by atoms with van der Waals surface area (Å²) in [5, 5.41) is 0. The Bertz CT molecular complexity index is 111. The average Bonchev–Trinajstić information content (AvgIpc) is 1.93. The first-order chi connectivity index (χ1) is 5.92. The monoisotopic (exact) mass is 202 g/mol. The lowest BCUT2D eigenvalue weighted by Gasteiger charge is -2.16. The third-order valence-corrected chi connectivity index (χ3v) is 2.54. The number of rotatable bonds is 7. The van der Waals surface area contributed by atoms with Gasteiger partial charge in [0.1, 0.15) is 0 Å². The lowest BCUT2D eigenvalue weighted by Crippen LogP contribution is -2.09. The molecular weight excluding hydrogens is 176 g/mol. The van der Waals surface area contributed by atoms with E-state index in [1.807, 2.05) is 0 Å². The first-order valence-electron chi connectivity index (χ1n) is 5.64. The summed E-state index contributed by atoms with van der Waals surface area (Å²) >= 11 is 4.51. The third kappa shape index (κ3) is 12.4. The third-order valence-electron chi connectivity index (χ3n) is 2.32. The van der Waals surface area contributed by atoms with Crippen molar-refractivity contribution in [3.05, 3.63) is 0 Å². The SMILES string of the molecule is CC(C)CCCCCCC(C)(C)S. The van der Waals surface area contributed by atoms with Gasteiger partial charge in [0.15, 0.2) is 0 Å². The highest BCUT2D eigenvalue weighted by Gasteiger charge is 2.09. The van der Waals surface area contributed by atoms with Gasteiger partial charge in [-0.15, -0.1) is 0 Å². The molecule has 0 amide bonds. The molecule has 0 aliphatic heterocycles. The molecule has 0 aliphatic rings. The lowest BCUT2D eigenvalue weighted by atomic mass is 10.0. The van der Waals surface area contributed by atoms with Crippen LogP contribution in [0, 0.1) is 5.92 Å². The van der Waals surface area contributed by atoms with Crippen LogP contribution in [-0.2, 0) is 0 Å². The standard InChI is InChI=1S/C12H26S/c1-11(2)9-7-5-6-8-10-12(3,4)13/h11,13H,5-10H2,1-4H3. The molecule has 0 aromatic heterocycles. The van der Waals surface area contributed by atoms with Crippen LogP contribution in [0.4, 0.5) is 0 Å². The Hall–Kier alpha value is 0.350. The molecule has 80 valence electrons. The van der Waals surface area contributed by atoms with Crippen molar-refractivity contribution in [3.63, 3.8) is 0 Å². The van der Waals surface area contributed by atoms with Gasteiger partial charge in [-0.05, 0) is 12.3 Å². The molecule has 0 fully saturated rings. The van der Waals surface area contributed by atoms with E-state index < -0.39 is 0 Å². The fraction of sp³-hybridized carbons (Fsp3) is 1.00. The average molecular weight is 202 g/mol. The molecule has 0 radical (unpaired) electrons. The number of thiol groups is 1. The Morgan fingerprint density at radius 2 is 1.54 bits per heavy atom. The minimum absolute atomic E-state index is 0.234. The second-order valence-electron chi connectivity index (χ2n) is 5.16. The Morgan fingerprint density at radius 3 is 2.00 bits per heavy atom. The van der Waals surface area contributed by atoms with Crippen molar-refractivity contribution in [1.82, 2.24) is 0 Å². The molecule has 13 heavy (non-hydrogen) atoms. The van der Waals surface area contributed by atoms with Crippen molar-refractivity contribution in [1.29, 1.82) is 0 Å². The maximum absolute atomic E-state index is 4.51. The normalized spacial score (nSPS) is 12.5. The first kappa shape index (κ1) is 13.4. The van der Waals surface area contributed by atoms with E-state index >= 15 is 0 Å². The zero-order chi connectivity index (χ0) is 10.3. The van der Waals surface area contributed by atoms with Gasteiger partial charge >= 0.3 is 0 Å². The Balaban J connectivity index is 3.09. The van der Waals surface area contributed by atoms with Gasteiger partial charge < -0.3 is 0 Å². The van der Waals surface area contributed by atoms with E-state index in [1.165, 1.54) is 38.5 Å². The van der Waals surface area contributed by atoms with E-state index in [0.717, 1.165) is 5.92 Å². The molecule has 0 saturated carbocycles. The van der Waals surface area contributed by atoms with E-state index in [-0.39, 0.29) is 4.75 Å². The van der Waals surface area contributed by atoms with E-state index in [1.54, 1.807) is 0 Å². The second-order valence-corrected chi connectivity index (χ2v) is 6.37. The van der Waals surface area contributed by atoms with Crippen LogP contribution in [0.5, 0.6) is 0 Å². The quantitative estimate of drug-likeness (QED) is 0.449. The summed E-state index contributed by atoms with van der Waals surface area (Å²) in [5.74, 6) is 0.876. The molecule has 0 aromatic rings. The Kier molecular flexibility index (Phi) is 6.93. The van der Waals surface area contributed by atoms with E-state index in [9.17, 15) is 0 Å². The molecular formula is C12H26S. The zero-order valence-corrected chi connectivity index (χ0v) is 10.7. The van der Waals surface area contributed by atoms with Gasteiger partial charge in [-0.2, -0.15) is 12.6 Å². The first-order valence-corrected chi connectivity index (χ1v) is 6.09. The van der Waals surface area contributed by atoms with Crippen LogP contribution in [0.1, 0.15) is 66.2 Å². The molecule has 0 nitrogen and oxygen atoms in total. The van der Waals surface area contributed by atoms with Crippen LogP contribution in [0.3, 0.4) is 0 Å². The van der Waals surface area contributed by atoms with E-state index in [4.69, 9.17) is 0 Å². The molecule has 0 bridgehead atoms. The summed E-state index contributed by atoms with van der Waals surface area (Å²) < 4.78 is 0.234. The zero-order valence-electron chi connectivity index (χ0n) is 9.77. The largest absolute Gasteiger partial charge is 0.173 e. The molecule has 0 rings (SSSR count). The summed E-state index contributed by atoms with van der Waals surface area (Å²) in [7, 11) is 0. The van der Waals surface area contributed by atoms with Crippen molar-refractivity contribution in [3.8, 4) is 0 Å². The summed E-state index contributed by atoms with van der Waals surface area (Å²) in [5.41, 5.74) is 0. The fourth-order valence-electron chi connectivity index (χ4n) is 1.46. The van der Waals surface area contributed by atoms with Gasteiger partial charge in [0, 0.05) is 4.75 Å². The van der Waals surface area contributed by atoms with Crippen LogP contribution in [0.2, 0.25) is 0 Å².